The molecule has 0 saturated heterocycles. The maximum Gasteiger partial charge on any atom is 0.305 e. The molecule has 0 aromatic heterocycles. The standard InChI is InChI=1S/C11H15NO3S/c1-15-9-4-3-7(5-10(9)16-2)8(12)6-11(13)14/h3-5,8H,6,12H2,1-2H3,(H,13,14). The molecule has 0 bridgehead atoms. The number of rotatable bonds is 5. The fourth-order valence-electron chi connectivity index (χ4n) is 1.39. The van der Waals surface area contributed by atoms with Crippen LogP contribution in [0.25, 0.3) is 0 Å². The Morgan fingerprint density at radius 3 is 2.81 bits per heavy atom. The number of carbonyl (C=O) groups is 1. The molecule has 1 rings (SSSR count). The fourth-order valence-corrected chi connectivity index (χ4v) is 2.00. The topological polar surface area (TPSA) is 72.5 Å². The second-order valence-electron chi connectivity index (χ2n) is 3.32. The van der Waals surface area contributed by atoms with Gasteiger partial charge in [0, 0.05) is 10.9 Å². The first-order valence-corrected chi connectivity index (χ1v) is 6.00. The molecule has 5 heteroatoms. The van der Waals surface area contributed by atoms with Crippen LogP contribution in [0.1, 0.15) is 18.0 Å². The molecule has 88 valence electrons. The minimum Gasteiger partial charge on any atom is -0.496 e. The van der Waals surface area contributed by atoms with E-state index in [1.54, 1.807) is 24.9 Å². The summed E-state index contributed by atoms with van der Waals surface area (Å²) in [4.78, 5) is 11.5. The van der Waals surface area contributed by atoms with E-state index < -0.39 is 12.0 Å². The number of hydrogen-bond acceptors (Lipinski definition) is 4. The third kappa shape index (κ3) is 3.15. The van der Waals surface area contributed by atoms with Crippen LogP contribution in [0.5, 0.6) is 5.75 Å². The van der Waals surface area contributed by atoms with Gasteiger partial charge in [0.05, 0.1) is 13.5 Å². The normalized spacial score (nSPS) is 12.2. The maximum absolute atomic E-state index is 10.6. The molecule has 16 heavy (non-hydrogen) atoms. The van der Waals surface area contributed by atoms with Crippen LogP contribution in [-0.4, -0.2) is 24.4 Å². The highest BCUT2D eigenvalue weighted by molar-refractivity contribution is 7.98. The lowest BCUT2D eigenvalue weighted by molar-refractivity contribution is -0.137. The first-order valence-electron chi connectivity index (χ1n) is 4.77. The number of carboxylic acid groups (broad SMARTS) is 1. The van der Waals surface area contributed by atoms with E-state index in [1.807, 2.05) is 18.4 Å². The molecule has 3 N–H and O–H groups in total. The molecular formula is C11H15NO3S. The lowest BCUT2D eigenvalue weighted by Gasteiger charge is -2.12. The van der Waals surface area contributed by atoms with Crippen molar-refractivity contribution in [3.63, 3.8) is 0 Å². The van der Waals surface area contributed by atoms with Gasteiger partial charge in [-0.25, -0.2) is 0 Å². The summed E-state index contributed by atoms with van der Waals surface area (Å²) < 4.78 is 5.17. The van der Waals surface area contributed by atoms with Crippen molar-refractivity contribution < 1.29 is 14.6 Å². The Bertz CT molecular complexity index is 381. The Hall–Kier alpha value is -1.20. The van der Waals surface area contributed by atoms with Crippen LogP contribution in [0, 0.1) is 0 Å². The predicted molar refractivity (Wildman–Crippen MR) is 64.0 cm³/mol. The number of ether oxygens (including phenoxy) is 1. The molecule has 0 fully saturated rings. The number of hydrogen-bond donors (Lipinski definition) is 2. The highest BCUT2D eigenvalue weighted by atomic mass is 32.2. The summed E-state index contributed by atoms with van der Waals surface area (Å²) in [6, 6.07) is 5.00. The van der Waals surface area contributed by atoms with Crippen LogP contribution in [0.4, 0.5) is 0 Å². The molecule has 0 amide bonds. The Kier molecular flexibility index (Phi) is 4.64. The van der Waals surface area contributed by atoms with Gasteiger partial charge in [-0.3, -0.25) is 4.79 Å². The van der Waals surface area contributed by atoms with Crippen molar-refractivity contribution in [3.8, 4) is 5.75 Å². The minimum absolute atomic E-state index is 0.0693. The number of aliphatic carboxylic acids is 1. The summed E-state index contributed by atoms with van der Waals surface area (Å²) >= 11 is 1.54. The highest BCUT2D eigenvalue weighted by Crippen LogP contribution is 2.30. The van der Waals surface area contributed by atoms with Crippen LogP contribution in [0.2, 0.25) is 0 Å². The quantitative estimate of drug-likeness (QED) is 0.770. The first kappa shape index (κ1) is 12.9. The van der Waals surface area contributed by atoms with Crippen LogP contribution in [-0.2, 0) is 4.79 Å². The number of nitrogens with two attached hydrogens (primary N) is 1. The smallest absolute Gasteiger partial charge is 0.305 e. The summed E-state index contributed by atoms with van der Waals surface area (Å²) in [6.07, 6.45) is 1.87. The largest absolute Gasteiger partial charge is 0.496 e. The molecule has 1 aromatic rings. The second-order valence-corrected chi connectivity index (χ2v) is 4.17. The van der Waals surface area contributed by atoms with Gasteiger partial charge in [-0.2, -0.15) is 0 Å². The van der Waals surface area contributed by atoms with E-state index in [-0.39, 0.29) is 6.42 Å². The van der Waals surface area contributed by atoms with Crippen LogP contribution in [0.3, 0.4) is 0 Å². The zero-order valence-electron chi connectivity index (χ0n) is 9.27. The van der Waals surface area contributed by atoms with Gasteiger partial charge in [-0.05, 0) is 24.0 Å². The summed E-state index contributed by atoms with van der Waals surface area (Å²) in [5, 5.41) is 8.66. The van der Waals surface area contributed by atoms with Crippen molar-refractivity contribution in [3.05, 3.63) is 23.8 Å². The highest BCUT2D eigenvalue weighted by Gasteiger charge is 2.12. The minimum atomic E-state index is -0.894. The Morgan fingerprint density at radius 1 is 1.62 bits per heavy atom. The van der Waals surface area contributed by atoms with Gasteiger partial charge in [0.25, 0.3) is 0 Å². The third-order valence-corrected chi connectivity index (χ3v) is 2.99. The molecule has 0 spiro atoms. The van der Waals surface area contributed by atoms with Gasteiger partial charge >= 0.3 is 5.97 Å². The average Bonchev–Trinajstić information content (AvgIpc) is 2.27. The molecule has 0 aliphatic carbocycles. The second kappa shape index (κ2) is 5.77. The van der Waals surface area contributed by atoms with Gasteiger partial charge in [0.15, 0.2) is 0 Å². The Morgan fingerprint density at radius 2 is 2.31 bits per heavy atom. The van der Waals surface area contributed by atoms with Crippen LogP contribution < -0.4 is 10.5 Å². The van der Waals surface area contributed by atoms with E-state index in [9.17, 15) is 4.79 Å². The summed E-state index contributed by atoms with van der Waals surface area (Å²) in [6.45, 7) is 0. The van der Waals surface area contributed by atoms with Crippen molar-refractivity contribution in [1.29, 1.82) is 0 Å². The van der Waals surface area contributed by atoms with Gasteiger partial charge in [0.1, 0.15) is 5.75 Å². The molecule has 1 unspecified atom stereocenters. The number of methoxy groups -OCH3 is 1. The van der Waals surface area contributed by atoms with E-state index in [0.717, 1.165) is 16.2 Å². The average molecular weight is 241 g/mol. The summed E-state index contributed by atoms with van der Waals surface area (Å²) in [5.74, 6) is -0.118. The van der Waals surface area contributed by atoms with Crippen molar-refractivity contribution in [2.45, 2.75) is 17.4 Å². The van der Waals surface area contributed by atoms with Crippen molar-refractivity contribution >= 4 is 17.7 Å². The van der Waals surface area contributed by atoms with Gasteiger partial charge in [-0.1, -0.05) is 6.07 Å². The monoisotopic (exact) mass is 241 g/mol. The van der Waals surface area contributed by atoms with Crippen molar-refractivity contribution in [2.24, 2.45) is 5.73 Å². The van der Waals surface area contributed by atoms with Gasteiger partial charge < -0.3 is 15.6 Å². The molecule has 0 aliphatic heterocycles. The van der Waals surface area contributed by atoms with Gasteiger partial charge in [-0.15, -0.1) is 11.8 Å². The van der Waals surface area contributed by atoms with Crippen LogP contribution >= 0.6 is 11.8 Å². The van der Waals surface area contributed by atoms with E-state index in [2.05, 4.69) is 0 Å². The summed E-state index contributed by atoms with van der Waals surface area (Å²) in [7, 11) is 1.60. The van der Waals surface area contributed by atoms with Crippen molar-refractivity contribution in [2.75, 3.05) is 13.4 Å². The lowest BCUT2D eigenvalue weighted by Crippen LogP contribution is -2.15. The fraction of sp³-hybridized carbons (Fsp3) is 0.364. The molecular weight excluding hydrogens is 226 g/mol. The third-order valence-electron chi connectivity index (χ3n) is 2.23. The number of thioether (sulfide) groups is 1. The first-order chi connectivity index (χ1) is 7.58. The molecule has 1 aromatic carbocycles. The van der Waals surface area contributed by atoms with Crippen LogP contribution in [0.15, 0.2) is 23.1 Å². The maximum atomic E-state index is 10.6. The molecule has 0 radical (unpaired) electrons. The predicted octanol–water partition coefficient (Wildman–Crippen LogP) is 1.89. The van der Waals surface area contributed by atoms with E-state index in [0.29, 0.717) is 0 Å². The zero-order valence-corrected chi connectivity index (χ0v) is 10.1. The molecule has 4 nitrogen and oxygen atoms in total. The van der Waals surface area contributed by atoms with E-state index in [4.69, 9.17) is 15.6 Å². The molecule has 0 aliphatic rings. The summed E-state index contributed by atoms with van der Waals surface area (Å²) in [5.41, 5.74) is 6.59. The van der Waals surface area contributed by atoms with E-state index in [1.165, 1.54) is 0 Å². The Labute approximate surface area is 98.8 Å². The van der Waals surface area contributed by atoms with E-state index >= 15 is 0 Å². The van der Waals surface area contributed by atoms with Gasteiger partial charge in [0.2, 0.25) is 0 Å². The Balaban J connectivity index is 2.93. The molecule has 0 saturated carbocycles. The SMILES string of the molecule is COc1ccc(C(N)CC(=O)O)cc1SC. The zero-order chi connectivity index (χ0) is 12.1. The number of carboxylic acids is 1. The number of benzene rings is 1. The lowest BCUT2D eigenvalue weighted by atomic mass is 10.0. The van der Waals surface area contributed by atoms with Crippen molar-refractivity contribution in [1.82, 2.24) is 0 Å². The molecule has 0 heterocycles. The molecule has 1 atom stereocenters.